The van der Waals surface area contributed by atoms with Crippen molar-refractivity contribution in [3.05, 3.63) is 40.2 Å². The summed E-state index contributed by atoms with van der Waals surface area (Å²) in [6, 6.07) is 3.15. The molecule has 0 bridgehead atoms. The maximum absolute atomic E-state index is 12.4. The molecule has 0 radical (unpaired) electrons. The van der Waals surface area contributed by atoms with Crippen LogP contribution in [0.5, 0.6) is 0 Å². The summed E-state index contributed by atoms with van der Waals surface area (Å²) >= 11 is 1.10. The monoisotopic (exact) mass is 454 g/mol. The van der Waals surface area contributed by atoms with Crippen LogP contribution in [0.3, 0.4) is 0 Å². The van der Waals surface area contributed by atoms with E-state index >= 15 is 0 Å². The van der Waals surface area contributed by atoms with E-state index in [2.05, 4.69) is 10.6 Å². The van der Waals surface area contributed by atoms with Crippen LogP contribution in [-0.4, -0.2) is 45.1 Å². The Bertz CT molecular complexity index is 1040. The van der Waals surface area contributed by atoms with E-state index in [9.17, 15) is 22.8 Å². The minimum absolute atomic E-state index is 0.0358. The summed E-state index contributed by atoms with van der Waals surface area (Å²) < 4.78 is 33.9. The Kier molecular flexibility index (Phi) is 6.93. The van der Waals surface area contributed by atoms with Gasteiger partial charge in [-0.15, -0.1) is 11.3 Å². The zero-order valence-corrected chi connectivity index (χ0v) is 18.0. The summed E-state index contributed by atoms with van der Waals surface area (Å²) in [6.45, 7) is 2.12. The number of carbonyl (C=O) groups is 3. The van der Waals surface area contributed by atoms with Crippen LogP contribution in [-0.2, 0) is 31.5 Å². The van der Waals surface area contributed by atoms with Crippen molar-refractivity contribution < 1.29 is 32.0 Å². The number of amides is 2. The van der Waals surface area contributed by atoms with Gasteiger partial charge in [0.2, 0.25) is 5.91 Å². The largest absolute Gasteiger partial charge is 0.462 e. The molecule has 0 spiro atoms. The first-order valence-corrected chi connectivity index (χ1v) is 12.1. The minimum Gasteiger partial charge on any atom is -0.462 e. The molecule has 3 heterocycles. The first kappa shape index (κ1) is 22.0. The maximum atomic E-state index is 12.4. The third-order valence-corrected chi connectivity index (χ3v) is 7.33. The van der Waals surface area contributed by atoms with Crippen LogP contribution >= 0.6 is 11.3 Å². The molecule has 1 aliphatic heterocycles. The number of furan rings is 1. The fraction of sp³-hybridized carbons (Fsp3) is 0.421. The molecule has 30 heavy (non-hydrogen) atoms. The number of sulfone groups is 1. The van der Waals surface area contributed by atoms with Gasteiger partial charge in [0.1, 0.15) is 5.00 Å². The molecule has 0 unspecified atom stereocenters. The molecule has 1 aliphatic rings. The number of fused-ring (bicyclic) bond motifs is 1. The lowest BCUT2D eigenvalue weighted by molar-refractivity contribution is -0.116. The summed E-state index contributed by atoms with van der Waals surface area (Å²) in [7, 11) is -3.21. The predicted octanol–water partition coefficient (Wildman–Crippen LogP) is 2.14. The van der Waals surface area contributed by atoms with Crippen LogP contribution in [0.25, 0.3) is 0 Å². The Morgan fingerprint density at radius 2 is 2.10 bits per heavy atom. The van der Waals surface area contributed by atoms with Gasteiger partial charge in [0, 0.05) is 17.8 Å². The second-order valence-electron chi connectivity index (χ2n) is 6.66. The van der Waals surface area contributed by atoms with Crippen LogP contribution in [0.4, 0.5) is 5.00 Å². The van der Waals surface area contributed by atoms with Crippen molar-refractivity contribution >= 4 is 44.0 Å². The number of hydrogen-bond acceptors (Lipinski definition) is 8. The fourth-order valence-corrected chi connectivity index (χ4v) is 6.12. The molecule has 2 amide bonds. The van der Waals surface area contributed by atoms with E-state index < -0.39 is 15.8 Å². The topological polar surface area (TPSA) is 132 Å². The van der Waals surface area contributed by atoms with Crippen molar-refractivity contribution in [2.75, 3.05) is 24.2 Å². The quantitative estimate of drug-likeness (QED) is 0.461. The van der Waals surface area contributed by atoms with Crippen LogP contribution in [0.2, 0.25) is 0 Å². The first-order chi connectivity index (χ1) is 14.3. The molecule has 0 fully saturated rings. The van der Waals surface area contributed by atoms with Gasteiger partial charge in [-0.05, 0) is 37.5 Å². The van der Waals surface area contributed by atoms with Crippen molar-refractivity contribution in [2.24, 2.45) is 0 Å². The second kappa shape index (κ2) is 9.43. The molecule has 2 aromatic heterocycles. The van der Waals surface area contributed by atoms with E-state index in [1.165, 1.54) is 12.3 Å². The molecule has 3 rings (SSSR count). The lowest BCUT2D eigenvalue weighted by atomic mass is 10.1. The molecule has 0 aromatic carbocycles. The molecule has 0 atom stereocenters. The van der Waals surface area contributed by atoms with Gasteiger partial charge < -0.3 is 19.8 Å². The van der Waals surface area contributed by atoms with E-state index in [1.807, 2.05) is 0 Å². The van der Waals surface area contributed by atoms with Crippen LogP contribution in [0.1, 0.15) is 51.1 Å². The maximum Gasteiger partial charge on any atom is 0.341 e. The second-order valence-corrected chi connectivity index (χ2v) is 9.94. The van der Waals surface area contributed by atoms with E-state index in [0.717, 1.165) is 11.3 Å². The average Bonchev–Trinajstić information content (AvgIpc) is 3.32. The van der Waals surface area contributed by atoms with E-state index in [1.54, 1.807) is 13.0 Å². The Hall–Kier alpha value is -2.66. The lowest BCUT2D eigenvalue weighted by Gasteiger charge is -2.13. The Labute approximate surface area is 177 Å². The number of carbonyl (C=O) groups excluding carboxylic acids is 3. The number of ether oxygens (including phenoxy) is 1. The van der Waals surface area contributed by atoms with E-state index in [-0.39, 0.29) is 60.6 Å². The highest BCUT2D eigenvalue weighted by atomic mass is 32.2. The molecule has 0 saturated heterocycles. The minimum atomic E-state index is -3.21. The molecule has 0 saturated carbocycles. The molecule has 9 nitrogen and oxygen atoms in total. The van der Waals surface area contributed by atoms with Crippen LogP contribution in [0, 0.1) is 0 Å². The molecule has 2 N–H and O–H groups in total. The summed E-state index contributed by atoms with van der Waals surface area (Å²) in [5, 5.41) is 5.66. The molecular formula is C19H22N2O7S2. The number of anilines is 1. The molecule has 2 aromatic rings. The van der Waals surface area contributed by atoms with Crippen molar-refractivity contribution in [3.63, 3.8) is 0 Å². The number of nitrogens with one attached hydrogen (secondary N) is 2. The Morgan fingerprint density at radius 3 is 2.80 bits per heavy atom. The third kappa shape index (κ3) is 5.28. The Balaban J connectivity index is 1.62. The van der Waals surface area contributed by atoms with Crippen LogP contribution < -0.4 is 10.6 Å². The SMILES string of the molecule is CCOC(=O)c1c(NC(=O)CCCNC(=O)c2ccco2)sc2c1CCS(=O)(=O)C2. The van der Waals surface area contributed by atoms with Gasteiger partial charge in [-0.1, -0.05) is 0 Å². The van der Waals surface area contributed by atoms with Crippen molar-refractivity contribution in [1.82, 2.24) is 5.32 Å². The summed E-state index contributed by atoms with van der Waals surface area (Å²) in [6.07, 6.45) is 2.11. The van der Waals surface area contributed by atoms with Crippen molar-refractivity contribution in [2.45, 2.75) is 31.9 Å². The molecule has 0 aliphatic carbocycles. The molecular weight excluding hydrogens is 432 g/mol. The first-order valence-electron chi connectivity index (χ1n) is 9.44. The van der Waals surface area contributed by atoms with Gasteiger partial charge in [0.15, 0.2) is 15.6 Å². The third-order valence-electron chi connectivity index (χ3n) is 4.45. The highest BCUT2D eigenvalue weighted by molar-refractivity contribution is 7.90. The number of esters is 1. The van der Waals surface area contributed by atoms with E-state index in [0.29, 0.717) is 21.9 Å². The summed E-state index contributed by atoms with van der Waals surface area (Å²) in [5.41, 5.74) is 0.875. The smallest absolute Gasteiger partial charge is 0.341 e. The van der Waals surface area contributed by atoms with Gasteiger partial charge in [-0.2, -0.15) is 0 Å². The Morgan fingerprint density at radius 1 is 1.30 bits per heavy atom. The standard InChI is InChI=1S/C19H22N2O7S2/c1-2-27-19(24)16-12-7-10-30(25,26)11-14(12)29-18(16)21-15(22)6-3-8-20-17(23)13-5-4-9-28-13/h4-5,9H,2-3,6-8,10-11H2,1H3,(H,20,23)(H,21,22). The van der Waals surface area contributed by atoms with Crippen LogP contribution in [0.15, 0.2) is 22.8 Å². The summed E-state index contributed by atoms with van der Waals surface area (Å²) in [4.78, 5) is 37.1. The van der Waals surface area contributed by atoms with Gasteiger partial charge >= 0.3 is 5.97 Å². The van der Waals surface area contributed by atoms with Gasteiger partial charge in [-0.25, -0.2) is 13.2 Å². The van der Waals surface area contributed by atoms with Gasteiger partial charge in [0.05, 0.1) is 29.9 Å². The van der Waals surface area contributed by atoms with E-state index in [4.69, 9.17) is 9.15 Å². The predicted molar refractivity (Wildman–Crippen MR) is 110 cm³/mol. The number of thiophene rings is 1. The zero-order valence-electron chi connectivity index (χ0n) is 16.4. The highest BCUT2D eigenvalue weighted by Crippen LogP contribution is 2.38. The lowest BCUT2D eigenvalue weighted by Crippen LogP contribution is -2.25. The fourth-order valence-electron chi connectivity index (χ4n) is 3.06. The van der Waals surface area contributed by atoms with Crippen molar-refractivity contribution in [3.8, 4) is 0 Å². The average molecular weight is 455 g/mol. The zero-order chi connectivity index (χ0) is 21.7. The number of rotatable bonds is 8. The van der Waals surface area contributed by atoms with Gasteiger partial charge in [-0.3, -0.25) is 9.59 Å². The number of hydrogen-bond donors (Lipinski definition) is 2. The van der Waals surface area contributed by atoms with Gasteiger partial charge in [0.25, 0.3) is 5.91 Å². The molecule has 11 heteroatoms. The highest BCUT2D eigenvalue weighted by Gasteiger charge is 2.31. The van der Waals surface area contributed by atoms with Crippen molar-refractivity contribution in [1.29, 1.82) is 0 Å². The summed E-state index contributed by atoms with van der Waals surface area (Å²) in [5.74, 6) is -1.26. The molecule has 162 valence electrons. The normalized spacial score (nSPS) is 14.6.